The molecule has 0 saturated carbocycles. The van der Waals surface area contributed by atoms with Crippen LogP contribution in [0, 0.1) is 0 Å². The van der Waals surface area contributed by atoms with Gasteiger partial charge >= 0.3 is 0 Å². The van der Waals surface area contributed by atoms with Crippen LogP contribution in [0.15, 0.2) is 4.79 Å². The largest absolute Gasteiger partial charge is 0.304 e. The second kappa shape index (κ2) is 1.73. The average molecular weight is 139 g/mol. The van der Waals surface area contributed by atoms with Crippen molar-refractivity contribution in [1.29, 1.82) is 0 Å². The number of nitrogens with one attached hydrogen (secondary N) is 3. The van der Waals surface area contributed by atoms with Crippen LogP contribution < -0.4 is 10.9 Å². The Kier molecular flexibility index (Phi) is 0.990. The molecule has 0 amide bonds. The van der Waals surface area contributed by atoms with Crippen molar-refractivity contribution in [3.05, 3.63) is 21.6 Å². The van der Waals surface area contributed by atoms with E-state index in [2.05, 4.69) is 15.5 Å². The van der Waals surface area contributed by atoms with Gasteiger partial charge in [0.25, 0.3) is 5.56 Å². The second-order valence-corrected chi connectivity index (χ2v) is 2.57. The van der Waals surface area contributed by atoms with E-state index in [0.29, 0.717) is 0 Å². The highest BCUT2D eigenvalue weighted by Gasteiger charge is 2.22. The van der Waals surface area contributed by atoms with Gasteiger partial charge in [-0.05, 0) is 6.92 Å². The third kappa shape index (κ3) is 0.565. The molecule has 1 aromatic heterocycles. The molecular formula is C6H9N3O. The highest BCUT2D eigenvalue weighted by atomic mass is 16.1. The van der Waals surface area contributed by atoms with Crippen molar-refractivity contribution in [2.24, 2.45) is 0 Å². The fourth-order valence-corrected chi connectivity index (χ4v) is 1.36. The number of aromatic amines is 2. The summed E-state index contributed by atoms with van der Waals surface area (Å²) in [5.41, 5.74) is 1.87. The molecule has 10 heavy (non-hydrogen) atoms. The van der Waals surface area contributed by atoms with Gasteiger partial charge in [-0.25, -0.2) is 0 Å². The molecule has 1 aromatic rings. The number of hydrogen-bond donors (Lipinski definition) is 3. The maximum Gasteiger partial charge on any atom is 0.268 e. The molecule has 1 unspecified atom stereocenters. The molecule has 0 radical (unpaired) electrons. The zero-order chi connectivity index (χ0) is 7.14. The molecule has 1 aliphatic heterocycles. The fourth-order valence-electron chi connectivity index (χ4n) is 1.36. The van der Waals surface area contributed by atoms with E-state index in [1.165, 1.54) is 0 Å². The van der Waals surface area contributed by atoms with Gasteiger partial charge in [-0.2, -0.15) is 0 Å². The molecule has 4 heteroatoms. The standard InChI is InChI=1S/C6H9N3O/c1-3-5-4(2-7-3)8-9-6(5)10/h3,7H,2H2,1H3,(H2,8,9,10). The van der Waals surface area contributed by atoms with E-state index in [0.717, 1.165) is 17.8 Å². The number of hydrogen-bond acceptors (Lipinski definition) is 2. The van der Waals surface area contributed by atoms with Crippen molar-refractivity contribution in [2.45, 2.75) is 19.5 Å². The van der Waals surface area contributed by atoms with Crippen molar-refractivity contribution in [2.75, 3.05) is 0 Å². The summed E-state index contributed by atoms with van der Waals surface area (Å²) in [4.78, 5) is 11.0. The quantitative estimate of drug-likeness (QED) is 0.468. The normalized spacial score (nSPS) is 23.1. The van der Waals surface area contributed by atoms with E-state index in [9.17, 15) is 4.79 Å². The Balaban J connectivity index is 2.65. The third-order valence-electron chi connectivity index (χ3n) is 1.91. The molecule has 0 aromatic carbocycles. The summed E-state index contributed by atoms with van der Waals surface area (Å²) in [5.74, 6) is 0. The molecule has 54 valence electrons. The molecule has 3 N–H and O–H groups in total. The molecule has 0 fully saturated rings. The summed E-state index contributed by atoms with van der Waals surface area (Å²) in [5, 5.41) is 8.52. The van der Waals surface area contributed by atoms with Crippen LogP contribution in [0.1, 0.15) is 24.2 Å². The molecule has 0 saturated heterocycles. The minimum Gasteiger partial charge on any atom is -0.304 e. The summed E-state index contributed by atoms with van der Waals surface area (Å²) in [7, 11) is 0. The van der Waals surface area contributed by atoms with E-state index in [-0.39, 0.29) is 11.6 Å². The first-order valence-electron chi connectivity index (χ1n) is 3.32. The lowest BCUT2D eigenvalue weighted by molar-refractivity contribution is 0.620. The summed E-state index contributed by atoms with van der Waals surface area (Å²) in [6, 6.07) is 0.199. The number of rotatable bonds is 0. The van der Waals surface area contributed by atoms with Crippen molar-refractivity contribution in [3.8, 4) is 0 Å². The maximum atomic E-state index is 11.0. The molecule has 0 aliphatic carbocycles. The van der Waals surface area contributed by atoms with Crippen LogP contribution in [-0.2, 0) is 6.54 Å². The zero-order valence-corrected chi connectivity index (χ0v) is 5.69. The second-order valence-electron chi connectivity index (χ2n) is 2.57. The van der Waals surface area contributed by atoms with E-state index in [4.69, 9.17) is 0 Å². The predicted octanol–water partition coefficient (Wildman–Crippen LogP) is -0.133. The van der Waals surface area contributed by atoms with Crippen molar-refractivity contribution >= 4 is 0 Å². The number of H-pyrrole nitrogens is 2. The van der Waals surface area contributed by atoms with Gasteiger partial charge in [0.05, 0.1) is 11.3 Å². The van der Waals surface area contributed by atoms with Crippen LogP contribution in [0.4, 0.5) is 0 Å². The number of fused-ring (bicyclic) bond motifs is 1. The van der Waals surface area contributed by atoms with Crippen LogP contribution in [0.3, 0.4) is 0 Å². The third-order valence-corrected chi connectivity index (χ3v) is 1.91. The van der Waals surface area contributed by atoms with Crippen molar-refractivity contribution in [1.82, 2.24) is 15.5 Å². The smallest absolute Gasteiger partial charge is 0.268 e. The van der Waals surface area contributed by atoms with Crippen LogP contribution in [0.2, 0.25) is 0 Å². The summed E-state index contributed by atoms with van der Waals surface area (Å²) in [6.07, 6.45) is 0. The molecular weight excluding hydrogens is 130 g/mol. The molecule has 0 spiro atoms. The molecule has 4 nitrogen and oxygen atoms in total. The van der Waals surface area contributed by atoms with Crippen LogP contribution in [-0.4, -0.2) is 10.2 Å². The first-order chi connectivity index (χ1) is 4.79. The monoisotopic (exact) mass is 139 g/mol. The zero-order valence-electron chi connectivity index (χ0n) is 5.69. The lowest BCUT2D eigenvalue weighted by atomic mass is 10.2. The summed E-state index contributed by atoms with van der Waals surface area (Å²) in [6.45, 7) is 2.75. The Bertz CT molecular complexity index is 298. The van der Waals surface area contributed by atoms with Crippen LogP contribution in [0.25, 0.3) is 0 Å². The fraction of sp³-hybridized carbons (Fsp3) is 0.500. The summed E-state index contributed by atoms with van der Waals surface area (Å²) < 4.78 is 0. The molecule has 2 heterocycles. The van der Waals surface area contributed by atoms with E-state index in [1.807, 2.05) is 6.92 Å². The average Bonchev–Trinajstić information content (AvgIpc) is 2.40. The summed E-state index contributed by atoms with van der Waals surface area (Å²) >= 11 is 0. The maximum absolute atomic E-state index is 11.0. The molecule has 1 atom stereocenters. The lowest BCUT2D eigenvalue weighted by Crippen LogP contribution is -2.15. The van der Waals surface area contributed by atoms with Crippen LogP contribution in [0.5, 0.6) is 0 Å². The Morgan fingerprint density at radius 3 is 3.00 bits per heavy atom. The van der Waals surface area contributed by atoms with E-state index >= 15 is 0 Å². The molecule has 0 bridgehead atoms. The highest BCUT2D eigenvalue weighted by Crippen LogP contribution is 2.17. The SMILES string of the molecule is CC1NCc2[nH][nH]c(=O)c21. The minimum absolute atomic E-state index is 0.00694. The highest BCUT2D eigenvalue weighted by molar-refractivity contribution is 5.24. The van der Waals surface area contributed by atoms with Gasteiger partial charge in [0.15, 0.2) is 0 Å². The van der Waals surface area contributed by atoms with Gasteiger partial charge < -0.3 is 10.4 Å². The molecule has 1 aliphatic rings. The molecule has 2 rings (SSSR count). The number of aromatic nitrogens is 2. The minimum atomic E-state index is 0.00694. The van der Waals surface area contributed by atoms with Gasteiger partial charge in [0.2, 0.25) is 0 Å². The van der Waals surface area contributed by atoms with Crippen molar-refractivity contribution in [3.63, 3.8) is 0 Å². The van der Waals surface area contributed by atoms with Gasteiger partial charge in [-0.15, -0.1) is 0 Å². The first-order valence-corrected chi connectivity index (χ1v) is 3.32. The van der Waals surface area contributed by atoms with Gasteiger partial charge in [0.1, 0.15) is 0 Å². The predicted molar refractivity (Wildman–Crippen MR) is 36.7 cm³/mol. The Hall–Kier alpha value is -1.03. The van der Waals surface area contributed by atoms with Gasteiger partial charge in [0, 0.05) is 12.6 Å². The topological polar surface area (TPSA) is 60.7 Å². The van der Waals surface area contributed by atoms with E-state index in [1.54, 1.807) is 0 Å². The first kappa shape index (κ1) is 5.73. The van der Waals surface area contributed by atoms with Crippen LogP contribution >= 0.6 is 0 Å². The van der Waals surface area contributed by atoms with Gasteiger partial charge in [-0.1, -0.05) is 0 Å². The van der Waals surface area contributed by atoms with Gasteiger partial charge in [-0.3, -0.25) is 9.89 Å². The Morgan fingerprint density at radius 1 is 1.50 bits per heavy atom. The Morgan fingerprint density at radius 2 is 2.30 bits per heavy atom. The lowest BCUT2D eigenvalue weighted by Gasteiger charge is -1.97. The Labute approximate surface area is 57.6 Å². The van der Waals surface area contributed by atoms with Crippen molar-refractivity contribution < 1.29 is 0 Å². The van der Waals surface area contributed by atoms with E-state index < -0.39 is 0 Å².